The first-order valence-electron chi connectivity index (χ1n) is 6.43. The maximum absolute atomic E-state index is 12.2. The molecule has 0 spiro atoms. The normalized spacial score (nSPS) is 29.2. The van der Waals surface area contributed by atoms with Gasteiger partial charge in [-0.05, 0) is 31.4 Å². The Kier molecular flexibility index (Phi) is 2.62. The summed E-state index contributed by atoms with van der Waals surface area (Å²) in [6.45, 7) is 0. The monoisotopic (exact) mass is 296 g/mol. The molecule has 2 N–H and O–H groups in total. The summed E-state index contributed by atoms with van der Waals surface area (Å²) in [5.74, 6) is -0.0549. The summed E-state index contributed by atoms with van der Waals surface area (Å²) in [6, 6.07) is 3.88. The van der Waals surface area contributed by atoms with E-state index in [0.29, 0.717) is 11.8 Å². The van der Waals surface area contributed by atoms with Gasteiger partial charge in [-0.25, -0.2) is 0 Å². The zero-order valence-corrected chi connectivity index (χ0v) is 11.7. The average Bonchev–Trinajstić information content (AvgIpc) is 3.06. The molecule has 0 unspecified atom stereocenters. The van der Waals surface area contributed by atoms with Gasteiger partial charge in [0.1, 0.15) is 10.5 Å². The first-order valence-corrected chi connectivity index (χ1v) is 7.63. The second kappa shape index (κ2) is 4.23. The average molecular weight is 297 g/mol. The Hall–Kier alpha value is -1.04. The number of thiophene rings is 1. The number of amides is 1. The van der Waals surface area contributed by atoms with Gasteiger partial charge in [-0.15, -0.1) is 11.3 Å². The smallest absolute Gasteiger partial charge is 0.268 e. The number of carbonyl (C=O) groups is 1. The minimum Gasteiger partial charge on any atom is -0.373 e. The Bertz CT molecular complexity index is 619. The van der Waals surface area contributed by atoms with E-state index in [1.165, 1.54) is 11.3 Å². The van der Waals surface area contributed by atoms with Crippen LogP contribution in [0.3, 0.4) is 0 Å². The minimum atomic E-state index is -0.0549. The van der Waals surface area contributed by atoms with Crippen molar-refractivity contribution in [2.24, 2.45) is 0 Å². The maximum Gasteiger partial charge on any atom is 0.268 e. The van der Waals surface area contributed by atoms with Crippen molar-refractivity contribution in [3.8, 4) is 0 Å². The van der Waals surface area contributed by atoms with Gasteiger partial charge in [0.25, 0.3) is 5.91 Å². The topological polar surface area (TPSA) is 54.1 Å². The number of halogens is 1. The van der Waals surface area contributed by atoms with Crippen LogP contribution < -0.4 is 5.32 Å². The molecule has 0 aromatic carbocycles. The molecule has 4 nitrogen and oxygen atoms in total. The van der Waals surface area contributed by atoms with Gasteiger partial charge in [0.15, 0.2) is 0 Å². The third-order valence-electron chi connectivity index (χ3n) is 3.95. The van der Waals surface area contributed by atoms with Gasteiger partial charge < -0.3 is 15.0 Å². The van der Waals surface area contributed by atoms with Gasteiger partial charge in [0.2, 0.25) is 0 Å². The predicted molar refractivity (Wildman–Crippen MR) is 75.0 cm³/mol. The summed E-state index contributed by atoms with van der Waals surface area (Å²) in [6.07, 6.45) is 3.69. The largest absolute Gasteiger partial charge is 0.373 e. The molecule has 4 rings (SSSR count). The second-order valence-electron chi connectivity index (χ2n) is 5.21. The number of aromatic amines is 1. The second-order valence-corrected chi connectivity index (χ2v) is 6.89. The van der Waals surface area contributed by atoms with Gasteiger partial charge in [-0.2, -0.15) is 0 Å². The Balaban J connectivity index is 1.52. The number of rotatable bonds is 2. The van der Waals surface area contributed by atoms with E-state index in [4.69, 9.17) is 16.3 Å². The third-order valence-corrected chi connectivity index (χ3v) is 5.14. The van der Waals surface area contributed by atoms with Crippen LogP contribution in [0.1, 0.15) is 29.8 Å². The van der Waals surface area contributed by atoms with Crippen LogP contribution in [0.15, 0.2) is 12.1 Å². The van der Waals surface area contributed by atoms with E-state index in [2.05, 4.69) is 10.3 Å². The number of ether oxygens (including phenoxy) is 1. The number of nitrogens with one attached hydrogen (secondary N) is 2. The molecular formula is C13H13ClN2O2S. The summed E-state index contributed by atoms with van der Waals surface area (Å²) < 4.78 is 6.47. The van der Waals surface area contributed by atoms with E-state index in [1.807, 2.05) is 12.1 Å². The Morgan fingerprint density at radius 2 is 2.37 bits per heavy atom. The molecule has 4 heterocycles. The van der Waals surface area contributed by atoms with Crippen LogP contribution in [-0.2, 0) is 4.74 Å². The molecular weight excluding hydrogens is 284 g/mol. The molecule has 2 aliphatic rings. The van der Waals surface area contributed by atoms with E-state index in [0.717, 1.165) is 33.8 Å². The molecule has 2 saturated heterocycles. The van der Waals surface area contributed by atoms with Gasteiger partial charge >= 0.3 is 0 Å². The molecule has 100 valence electrons. The lowest BCUT2D eigenvalue weighted by atomic mass is 9.95. The predicted octanol–water partition coefficient (Wildman–Crippen LogP) is 2.93. The number of fused-ring (bicyclic) bond motifs is 3. The zero-order chi connectivity index (χ0) is 13.0. The maximum atomic E-state index is 12.2. The van der Waals surface area contributed by atoms with Crippen molar-refractivity contribution in [3.63, 3.8) is 0 Å². The first kappa shape index (κ1) is 11.8. The fourth-order valence-electron chi connectivity index (χ4n) is 3.05. The number of hydrogen-bond donors (Lipinski definition) is 2. The molecule has 1 amide bonds. The van der Waals surface area contributed by atoms with Crippen LogP contribution in [0.2, 0.25) is 4.34 Å². The van der Waals surface area contributed by atoms with Gasteiger partial charge in [0.05, 0.1) is 22.6 Å². The molecule has 3 atom stereocenters. The summed E-state index contributed by atoms with van der Waals surface area (Å²) in [7, 11) is 0. The molecule has 19 heavy (non-hydrogen) atoms. The summed E-state index contributed by atoms with van der Waals surface area (Å²) in [4.78, 5) is 16.3. The molecule has 2 aliphatic heterocycles. The molecule has 0 saturated carbocycles. The molecule has 2 aromatic rings. The Labute approximate surface area is 119 Å². The highest BCUT2D eigenvalue weighted by atomic mass is 35.5. The van der Waals surface area contributed by atoms with Crippen molar-refractivity contribution >= 4 is 39.1 Å². The fourth-order valence-corrected chi connectivity index (χ4v) is 4.18. The van der Waals surface area contributed by atoms with E-state index in [1.54, 1.807) is 0 Å². The summed E-state index contributed by atoms with van der Waals surface area (Å²) in [5, 5.41) is 4.06. The third kappa shape index (κ3) is 1.96. The number of hydrogen-bond acceptors (Lipinski definition) is 3. The quantitative estimate of drug-likeness (QED) is 0.895. The van der Waals surface area contributed by atoms with Crippen LogP contribution in [0, 0.1) is 0 Å². The van der Waals surface area contributed by atoms with Crippen LogP contribution in [0.4, 0.5) is 0 Å². The van der Waals surface area contributed by atoms with Gasteiger partial charge in [0, 0.05) is 5.39 Å². The SMILES string of the molecule is O=C(N[C@@H]1C[C@H]2CC[C@@H]1O2)c1cc2cc(Cl)sc2[nH]1. The van der Waals surface area contributed by atoms with Crippen molar-refractivity contribution in [3.05, 3.63) is 22.2 Å². The van der Waals surface area contributed by atoms with E-state index in [9.17, 15) is 4.79 Å². The lowest BCUT2D eigenvalue weighted by Crippen LogP contribution is -2.41. The van der Waals surface area contributed by atoms with Crippen molar-refractivity contribution in [1.29, 1.82) is 0 Å². The highest BCUT2D eigenvalue weighted by Crippen LogP contribution is 2.34. The summed E-state index contributed by atoms with van der Waals surface area (Å²) >= 11 is 7.37. The van der Waals surface area contributed by atoms with Crippen molar-refractivity contribution < 1.29 is 9.53 Å². The van der Waals surface area contributed by atoms with Crippen LogP contribution >= 0.6 is 22.9 Å². The lowest BCUT2D eigenvalue weighted by molar-refractivity contribution is 0.0838. The van der Waals surface area contributed by atoms with E-state index < -0.39 is 0 Å². The molecule has 0 aliphatic carbocycles. The van der Waals surface area contributed by atoms with Crippen LogP contribution in [0.5, 0.6) is 0 Å². The standard InChI is InChI=1S/C13H13ClN2O2S/c14-11-4-6-3-9(16-13(6)19-11)12(17)15-8-5-7-1-2-10(8)18-7/h3-4,7-8,10,16H,1-2,5H2,(H,15,17)/t7-,8-,10+/m1/s1. The van der Waals surface area contributed by atoms with Gasteiger partial charge in [-0.3, -0.25) is 4.79 Å². The van der Waals surface area contributed by atoms with E-state index >= 15 is 0 Å². The Morgan fingerprint density at radius 3 is 3.05 bits per heavy atom. The minimum absolute atomic E-state index is 0.0549. The highest BCUT2D eigenvalue weighted by molar-refractivity contribution is 7.22. The number of H-pyrrole nitrogens is 1. The van der Waals surface area contributed by atoms with E-state index in [-0.39, 0.29) is 18.1 Å². The lowest BCUT2D eigenvalue weighted by Gasteiger charge is -2.19. The molecule has 6 heteroatoms. The zero-order valence-electron chi connectivity index (χ0n) is 10.1. The first-order chi connectivity index (χ1) is 9.19. The van der Waals surface area contributed by atoms with Crippen molar-refractivity contribution in [1.82, 2.24) is 10.3 Å². The number of aromatic nitrogens is 1. The Morgan fingerprint density at radius 1 is 1.47 bits per heavy atom. The van der Waals surface area contributed by atoms with Gasteiger partial charge in [-0.1, -0.05) is 11.6 Å². The van der Waals surface area contributed by atoms with Crippen LogP contribution in [-0.4, -0.2) is 29.1 Å². The molecule has 2 aromatic heterocycles. The fraction of sp³-hybridized carbons (Fsp3) is 0.462. The number of carbonyl (C=O) groups excluding carboxylic acids is 1. The van der Waals surface area contributed by atoms with Crippen molar-refractivity contribution in [2.75, 3.05) is 0 Å². The molecule has 0 radical (unpaired) electrons. The molecule has 2 bridgehead atoms. The van der Waals surface area contributed by atoms with Crippen molar-refractivity contribution in [2.45, 2.75) is 37.5 Å². The molecule has 2 fully saturated rings. The highest BCUT2D eigenvalue weighted by Gasteiger charge is 2.41. The summed E-state index contributed by atoms with van der Waals surface area (Å²) in [5.41, 5.74) is 0.598. The van der Waals surface area contributed by atoms with Crippen LogP contribution in [0.25, 0.3) is 10.2 Å².